The molecular formula is C25H31ClN6O3. The lowest BCUT2D eigenvalue weighted by Crippen LogP contribution is -2.49. The molecule has 0 unspecified atom stereocenters. The van der Waals surface area contributed by atoms with Crippen LogP contribution in [0.4, 0.5) is 17.5 Å². The Hall–Kier alpha value is -3.17. The summed E-state index contributed by atoms with van der Waals surface area (Å²) in [6, 6.07) is 7.78. The van der Waals surface area contributed by atoms with Crippen LogP contribution in [0.2, 0.25) is 5.02 Å². The highest BCUT2D eigenvalue weighted by atomic mass is 35.5. The first-order valence-corrected chi connectivity index (χ1v) is 12.2. The van der Waals surface area contributed by atoms with Gasteiger partial charge in [0.15, 0.2) is 17.4 Å². The smallest absolute Gasteiger partial charge is 0.293 e. The Morgan fingerprint density at radius 1 is 1.20 bits per heavy atom. The van der Waals surface area contributed by atoms with Crippen LogP contribution in [0.1, 0.15) is 27.2 Å². The number of carbonyl (C=O) groups excluding carboxylic acids is 1. The highest BCUT2D eigenvalue weighted by Gasteiger charge is 2.21. The van der Waals surface area contributed by atoms with Gasteiger partial charge in [-0.05, 0) is 38.1 Å². The molecule has 35 heavy (non-hydrogen) atoms. The SMILES string of the molecule is CCC(=O)COc1cc2cc(Nc3nc(N4CCN(C(C)C)CC4)ncc3Cl)ccc2n(C)c1=O. The lowest BCUT2D eigenvalue weighted by molar-refractivity contribution is -0.120. The lowest BCUT2D eigenvalue weighted by atomic mass is 10.2. The van der Waals surface area contributed by atoms with Gasteiger partial charge < -0.3 is 19.5 Å². The number of anilines is 3. The second-order valence-electron chi connectivity index (χ2n) is 8.94. The number of Topliss-reactive ketones (excluding diaryl/α,β-unsaturated/α-hetero) is 1. The molecule has 10 heteroatoms. The van der Waals surface area contributed by atoms with E-state index in [1.807, 2.05) is 18.2 Å². The molecule has 186 valence electrons. The van der Waals surface area contributed by atoms with Crippen LogP contribution in [0.3, 0.4) is 0 Å². The molecule has 1 saturated heterocycles. The third kappa shape index (κ3) is 5.57. The van der Waals surface area contributed by atoms with Crippen molar-refractivity contribution in [3.63, 3.8) is 0 Å². The molecule has 1 N–H and O–H groups in total. The summed E-state index contributed by atoms with van der Waals surface area (Å²) >= 11 is 6.41. The van der Waals surface area contributed by atoms with Gasteiger partial charge in [-0.2, -0.15) is 4.98 Å². The zero-order valence-electron chi connectivity index (χ0n) is 20.5. The fourth-order valence-electron chi connectivity index (χ4n) is 4.07. The summed E-state index contributed by atoms with van der Waals surface area (Å²) in [7, 11) is 1.68. The van der Waals surface area contributed by atoms with Gasteiger partial charge in [-0.1, -0.05) is 18.5 Å². The quantitative estimate of drug-likeness (QED) is 0.503. The molecule has 0 atom stereocenters. The zero-order chi connectivity index (χ0) is 25.1. The van der Waals surface area contributed by atoms with Crippen LogP contribution in [0.15, 0.2) is 35.3 Å². The van der Waals surface area contributed by atoms with Crippen molar-refractivity contribution in [2.24, 2.45) is 7.05 Å². The number of nitrogens with zero attached hydrogens (tertiary/aromatic N) is 5. The molecular weight excluding hydrogens is 468 g/mol. The van der Waals surface area contributed by atoms with E-state index in [1.54, 1.807) is 26.2 Å². The van der Waals surface area contributed by atoms with Crippen LogP contribution in [0.25, 0.3) is 10.9 Å². The van der Waals surface area contributed by atoms with Gasteiger partial charge in [-0.3, -0.25) is 14.5 Å². The van der Waals surface area contributed by atoms with Gasteiger partial charge in [0.2, 0.25) is 5.95 Å². The summed E-state index contributed by atoms with van der Waals surface area (Å²) in [4.78, 5) is 38.0. The number of carbonyl (C=O) groups is 1. The van der Waals surface area contributed by atoms with Crippen LogP contribution in [0, 0.1) is 0 Å². The summed E-state index contributed by atoms with van der Waals surface area (Å²) in [5.74, 6) is 1.22. The molecule has 0 radical (unpaired) electrons. The number of hydrogen-bond donors (Lipinski definition) is 1. The molecule has 1 aliphatic heterocycles. The van der Waals surface area contributed by atoms with Gasteiger partial charge in [0.1, 0.15) is 11.6 Å². The number of rotatable bonds is 8. The van der Waals surface area contributed by atoms with Crippen molar-refractivity contribution in [1.82, 2.24) is 19.4 Å². The largest absolute Gasteiger partial charge is 0.480 e. The van der Waals surface area contributed by atoms with Crippen molar-refractivity contribution >= 4 is 45.7 Å². The number of nitrogens with one attached hydrogen (secondary N) is 1. The van der Waals surface area contributed by atoms with E-state index < -0.39 is 0 Å². The predicted octanol–water partition coefficient (Wildman–Crippen LogP) is 3.61. The van der Waals surface area contributed by atoms with E-state index in [0.717, 1.165) is 42.8 Å². The van der Waals surface area contributed by atoms with Crippen LogP contribution in [-0.4, -0.2) is 64.0 Å². The van der Waals surface area contributed by atoms with Crippen LogP contribution in [-0.2, 0) is 11.8 Å². The summed E-state index contributed by atoms with van der Waals surface area (Å²) in [5.41, 5.74) is 1.21. The molecule has 1 aromatic carbocycles. The highest BCUT2D eigenvalue weighted by molar-refractivity contribution is 6.32. The first-order valence-electron chi connectivity index (χ1n) is 11.8. The molecule has 0 amide bonds. The molecule has 0 aliphatic carbocycles. The van der Waals surface area contributed by atoms with Crippen molar-refractivity contribution in [2.45, 2.75) is 33.2 Å². The van der Waals surface area contributed by atoms with Crippen molar-refractivity contribution in [2.75, 3.05) is 43.0 Å². The normalized spacial score (nSPS) is 14.5. The number of ketones is 1. The molecule has 0 saturated carbocycles. The number of halogens is 1. The fourth-order valence-corrected chi connectivity index (χ4v) is 4.21. The van der Waals surface area contributed by atoms with Crippen molar-refractivity contribution in [3.8, 4) is 5.75 Å². The minimum atomic E-state index is -0.289. The van der Waals surface area contributed by atoms with Crippen molar-refractivity contribution < 1.29 is 9.53 Å². The third-order valence-electron chi connectivity index (χ3n) is 6.30. The molecule has 1 aliphatic rings. The van der Waals surface area contributed by atoms with Gasteiger partial charge in [0.25, 0.3) is 5.56 Å². The molecule has 2 aromatic heterocycles. The van der Waals surface area contributed by atoms with Crippen LogP contribution in [0.5, 0.6) is 5.75 Å². The first kappa shape index (κ1) is 24.9. The Balaban J connectivity index is 1.57. The van der Waals surface area contributed by atoms with Crippen molar-refractivity contribution in [1.29, 1.82) is 0 Å². The first-order chi connectivity index (χ1) is 16.8. The maximum atomic E-state index is 12.6. The Labute approximate surface area is 209 Å². The van der Waals surface area contributed by atoms with E-state index in [9.17, 15) is 9.59 Å². The molecule has 1 fully saturated rings. The summed E-state index contributed by atoms with van der Waals surface area (Å²) in [6.45, 7) is 9.68. The van der Waals surface area contributed by atoms with E-state index in [-0.39, 0.29) is 23.7 Å². The highest BCUT2D eigenvalue weighted by Crippen LogP contribution is 2.28. The minimum Gasteiger partial charge on any atom is -0.480 e. The molecule has 4 rings (SSSR count). The average molecular weight is 499 g/mol. The van der Waals surface area contributed by atoms with E-state index >= 15 is 0 Å². The standard InChI is InChI=1S/C25H31ClN6O3/c1-5-19(33)15-35-22-13-17-12-18(6-7-21(17)30(4)24(22)34)28-23-20(26)14-27-25(29-23)32-10-8-31(9-11-32)16(2)3/h6-7,12-14,16H,5,8-11,15H2,1-4H3,(H,27,28,29). The van der Waals surface area contributed by atoms with E-state index in [2.05, 4.69) is 38.9 Å². The fraction of sp³-hybridized carbons (Fsp3) is 0.440. The number of ether oxygens (including phenoxy) is 1. The van der Waals surface area contributed by atoms with Gasteiger partial charge in [-0.15, -0.1) is 0 Å². The summed E-state index contributed by atoms with van der Waals surface area (Å²) in [6.07, 6.45) is 1.97. The predicted molar refractivity (Wildman–Crippen MR) is 139 cm³/mol. The second-order valence-corrected chi connectivity index (χ2v) is 9.34. The average Bonchev–Trinajstić information content (AvgIpc) is 2.86. The Morgan fingerprint density at radius 2 is 1.94 bits per heavy atom. The number of fused-ring (bicyclic) bond motifs is 1. The van der Waals surface area contributed by atoms with Gasteiger partial charge in [0, 0.05) is 56.8 Å². The van der Waals surface area contributed by atoms with Gasteiger partial charge in [0.05, 0.1) is 11.7 Å². The van der Waals surface area contributed by atoms with E-state index in [0.29, 0.717) is 29.3 Å². The number of piperazine rings is 1. The molecule has 3 aromatic rings. The van der Waals surface area contributed by atoms with Crippen molar-refractivity contribution in [3.05, 3.63) is 45.8 Å². The maximum Gasteiger partial charge on any atom is 0.293 e. The third-order valence-corrected chi connectivity index (χ3v) is 6.57. The molecule has 9 nitrogen and oxygen atoms in total. The molecule has 3 heterocycles. The van der Waals surface area contributed by atoms with Gasteiger partial charge >= 0.3 is 0 Å². The topological polar surface area (TPSA) is 92.6 Å². The zero-order valence-corrected chi connectivity index (χ0v) is 21.3. The van der Waals surface area contributed by atoms with E-state index in [1.165, 1.54) is 4.57 Å². The van der Waals surface area contributed by atoms with Gasteiger partial charge in [-0.25, -0.2) is 4.98 Å². The number of hydrogen-bond acceptors (Lipinski definition) is 8. The number of pyridine rings is 1. The number of aryl methyl sites for hydroxylation is 1. The molecule has 0 bridgehead atoms. The van der Waals surface area contributed by atoms with Crippen LogP contribution >= 0.6 is 11.6 Å². The maximum absolute atomic E-state index is 12.6. The Kier molecular flexibility index (Phi) is 7.57. The Morgan fingerprint density at radius 3 is 2.63 bits per heavy atom. The van der Waals surface area contributed by atoms with Crippen LogP contribution < -0.4 is 20.5 Å². The number of benzene rings is 1. The summed E-state index contributed by atoms with van der Waals surface area (Å²) in [5, 5.41) is 4.48. The monoisotopic (exact) mass is 498 g/mol. The lowest BCUT2D eigenvalue weighted by Gasteiger charge is -2.36. The molecule has 0 spiro atoms. The summed E-state index contributed by atoms with van der Waals surface area (Å²) < 4.78 is 7.02. The number of aromatic nitrogens is 3. The Bertz CT molecular complexity index is 1280. The minimum absolute atomic E-state index is 0.0672. The van der Waals surface area contributed by atoms with E-state index in [4.69, 9.17) is 16.3 Å². The second kappa shape index (κ2) is 10.6.